The molecular weight excluding hydrogens is 424 g/mol. The third kappa shape index (κ3) is 5.75. The molecule has 0 bridgehead atoms. The van der Waals surface area contributed by atoms with Gasteiger partial charge < -0.3 is 10.1 Å². The summed E-state index contributed by atoms with van der Waals surface area (Å²) >= 11 is 6.17. The quantitative estimate of drug-likeness (QED) is 0.526. The zero-order valence-electron chi connectivity index (χ0n) is 16.3. The normalized spacial score (nSPS) is 11.0. The van der Waals surface area contributed by atoms with Gasteiger partial charge in [-0.1, -0.05) is 48.9 Å². The van der Waals surface area contributed by atoms with Gasteiger partial charge >= 0.3 is 0 Å². The van der Waals surface area contributed by atoms with Crippen LogP contribution < -0.4 is 14.8 Å². The third-order valence-electron chi connectivity index (χ3n) is 4.24. The number of para-hydroxylation sites is 1. The van der Waals surface area contributed by atoms with E-state index in [2.05, 4.69) is 17.0 Å². The molecule has 3 aromatic carbocycles. The standard InChI is InChI=1S/C22H21ClN2O4S/c1-2-16-8-10-17(11-9-16)24-22(26)15-29-21-13-12-19(14-20(21)23)30(27,28)25-18-6-4-3-5-7-18/h3-14,25H,2,15H2,1H3,(H,24,26). The minimum atomic E-state index is -3.80. The summed E-state index contributed by atoms with van der Waals surface area (Å²) in [5.74, 6) is -0.135. The van der Waals surface area contributed by atoms with Gasteiger partial charge in [-0.3, -0.25) is 9.52 Å². The number of aryl methyl sites for hydroxylation is 1. The van der Waals surface area contributed by atoms with Gasteiger partial charge in [-0.2, -0.15) is 0 Å². The second-order valence-corrected chi connectivity index (χ2v) is 8.54. The molecule has 0 aliphatic heterocycles. The molecule has 6 nitrogen and oxygen atoms in total. The lowest BCUT2D eigenvalue weighted by molar-refractivity contribution is -0.118. The fraction of sp³-hybridized carbons (Fsp3) is 0.136. The maximum atomic E-state index is 12.5. The van der Waals surface area contributed by atoms with Crippen LogP contribution in [0, 0.1) is 0 Å². The average Bonchev–Trinajstić information content (AvgIpc) is 2.74. The first-order valence-corrected chi connectivity index (χ1v) is 11.1. The summed E-state index contributed by atoms with van der Waals surface area (Å²) in [6, 6.07) is 20.1. The number of sulfonamides is 1. The second-order valence-electron chi connectivity index (χ2n) is 6.45. The molecule has 30 heavy (non-hydrogen) atoms. The number of hydrogen-bond acceptors (Lipinski definition) is 4. The Kier molecular flexibility index (Phi) is 6.97. The maximum absolute atomic E-state index is 12.5. The summed E-state index contributed by atoms with van der Waals surface area (Å²) in [5, 5.41) is 2.82. The lowest BCUT2D eigenvalue weighted by Crippen LogP contribution is -2.20. The molecule has 0 heterocycles. The summed E-state index contributed by atoms with van der Waals surface area (Å²) in [6.45, 7) is 1.79. The van der Waals surface area contributed by atoms with Crippen LogP contribution in [0.5, 0.6) is 5.75 Å². The van der Waals surface area contributed by atoms with Gasteiger partial charge in [0.2, 0.25) is 0 Å². The number of benzene rings is 3. The summed E-state index contributed by atoms with van der Waals surface area (Å²) < 4.78 is 32.9. The van der Waals surface area contributed by atoms with Crippen molar-refractivity contribution in [2.45, 2.75) is 18.2 Å². The van der Waals surface area contributed by atoms with E-state index in [0.29, 0.717) is 11.4 Å². The van der Waals surface area contributed by atoms with Gasteiger partial charge in [0.1, 0.15) is 5.75 Å². The number of amides is 1. The molecule has 2 N–H and O–H groups in total. The lowest BCUT2D eigenvalue weighted by atomic mass is 10.1. The molecule has 3 rings (SSSR count). The zero-order chi connectivity index (χ0) is 21.6. The number of ether oxygens (including phenoxy) is 1. The summed E-state index contributed by atoms with van der Waals surface area (Å²) in [6.07, 6.45) is 0.919. The van der Waals surface area contributed by atoms with Crippen LogP contribution in [0.2, 0.25) is 5.02 Å². The Bertz CT molecular complexity index is 1120. The molecule has 3 aromatic rings. The number of rotatable bonds is 8. The van der Waals surface area contributed by atoms with Gasteiger partial charge in [0, 0.05) is 11.4 Å². The third-order valence-corrected chi connectivity index (χ3v) is 5.92. The lowest BCUT2D eigenvalue weighted by Gasteiger charge is -2.12. The van der Waals surface area contributed by atoms with Gasteiger partial charge in [0.15, 0.2) is 6.61 Å². The molecule has 0 spiro atoms. The van der Waals surface area contributed by atoms with E-state index in [1.54, 1.807) is 30.3 Å². The Morgan fingerprint density at radius 1 is 0.967 bits per heavy atom. The first-order chi connectivity index (χ1) is 14.4. The van der Waals surface area contributed by atoms with E-state index in [0.717, 1.165) is 6.42 Å². The van der Waals surface area contributed by atoms with E-state index in [1.807, 2.05) is 24.3 Å². The van der Waals surface area contributed by atoms with E-state index in [1.165, 1.54) is 23.8 Å². The van der Waals surface area contributed by atoms with Crippen LogP contribution in [0.4, 0.5) is 11.4 Å². The van der Waals surface area contributed by atoms with E-state index in [4.69, 9.17) is 16.3 Å². The number of carbonyl (C=O) groups is 1. The van der Waals surface area contributed by atoms with Crippen molar-refractivity contribution >= 4 is 38.9 Å². The SMILES string of the molecule is CCc1ccc(NC(=O)COc2ccc(S(=O)(=O)Nc3ccccc3)cc2Cl)cc1. The molecule has 0 saturated heterocycles. The van der Waals surface area contributed by atoms with E-state index in [9.17, 15) is 13.2 Å². The summed E-state index contributed by atoms with van der Waals surface area (Å²) in [7, 11) is -3.80. The molecular formula is C22H21ClN2O4S. The molecule has 156 valence electrons. The number of nitrogens with one attached hydrogen (secondary N) is 2. The molecule has 0 saturated carbocycles. The molecule has 0 aromatic heterocycles. The fourth-order valence-corrected chi connectivity index (χ4v) is 4.03. The Morgan fingerprint density at radius 2 is 1.67 bits per heavy atom. The molecule has 0 radical (unpaired) electrons. The first kappa shape index (κ1) is 21.7. The number of carbonyl (C=O) groups excluding carboxylic acids is 1. The van der Waals surface area contributed by atoms with E-state index in [-0.39, 0.29) is 28.2 Å². The van der Waals surface area contributed by atoms with Crippen molar-refractivity contribution < 1.29 is 17.9 Å². The number of anilines is 2. The van der Waals surface area contributed by atoms with Crippen molar-refractivity contribution in [3.8, 4) is 5.75 Å². The topological polar surface area (TPSA) is 84.5 Å². The maximum Gasteiger partial charge on any atom is 0.262 e. The van der Waals surface area contributed by atoms with Crippen molar-refractivity contribution in [2.75, 3.05) is 16.6 Å². The highest BCUT2D eigenvalue weighted by Gasteiger charge is 2.17. The first-order valence-electron chi connectivity index (χ1n) is 9.26. The largest absolute Gasteiger partial charge is 0.482 e. The second kappa shape index (κ2) is 9.65. The average molecular weight is 445 g/mol. The van der Waals surface area contributed by atoms with E-state index >= 15 is 0 Å². The van der Waals surface area contributed by atoms with Crippen molar-refractivity contribution in [1.29, 1.82) is 0 Å². The molecule has 0 fully saturated rings. The highest BCUT2D eigenvalue weighted by Crippen LogP contribution is 2.28. The molecule has 8 heteroatoms. The van der Waals surface area contributed by atoms with Crippen molar-refractivity contribution in [2.24, 2.45) is 0 Å². The Hall–Kier alpha value is -3.03. The van der Waals surface area contributed by atoms with Crippen LogP contribution in [0.15, 0.2) is 77.7 Å². The monoisotopic (exact) mass is 444 g/mol. The molecule has 0 unspecified atom stereocenters. The molecule has 1 amide bonds. The number of halogens is 1. The van der Waals surface area contributed by atoms with Gasteiger partial charge in [-0.05, 0) is 54.4 Å². The zero-order valence-corrected chi connectivity index (χ0v) is 17.8. The Labute approximate surface area is 180 Å². The van der Waals surface area contributed by atoms with Crippen LogP contribution in [0.3, 0.4) is 0 Å². The predicted molar refractivity (Wildman–Crippen MR) is 119 cm³/mol. The van der Waals surface area contributed by atoms with Crippen molar-refractivity contribution in [3.63, 3.8) is 0 Å². The van der Waals surface area contributed by atoms with Crippen LogP contribution in [-0.2, 0) is 21.2 Å². The minimum absolute atomic E-state index is 0.0100. The van der Waals surface area contributed by atoms with Gasteiger partial charge in [0.05, 0.1) is 9.92 Å². The predicted octanol–water partition coefficient (Wildman–Crippen LogP) is 4.72. The number of hydrogen-bond donors (Lipinski definition) is 2. The van der Waals surface area contributed by atoms with Gasteiger partial charge in [0.25, 0.3) is 15.9 Å². The van der Waals surface area contributed by atoms with Crippen LogP contribution in [0.1, 0.15) is 12.5 Å². The van der Waals surface area contributed by atoms with Crippen molar-refractivity contribution in [1.82, 2.24) is 0 Å². The van der Waals surface area contributed by atoms with E-state index < -0.39 is 10.0 Å². The highest BCUT2D eigenvalue weighted by atomic mass is 35.5. The Balaban J connectivity index is 1.61. The minimum Gasteiger partial charge on any atom is -0.482 e. The van der Waals surface area contributed by atoms with Crippen molar-refractivity contribution in [3.05, 3.63) is 83.4 Å². The molecule has 0 aliphatic carbocycles. The van der Waals surface area contributed by atoms with Gasteiger partial charge in [-0.25, -0.2) is 8.42 Å². The van der Waals surface area contributed by atoms with Crippen LogP contribution >= 0.6 is 11.6 Å². The fourth-order valence-electron chi connectivity index (χ4n) is 2.65. The Morgan fingerprint density at radius 3 is 2.30 bits per heavy atom. The summed E-state index contributed by atoms with van der Waals surface area (Å²) in [5.41, 5.74) is 2.28. The van der Waals surface area contributed by atoms with Crippen LogP contribution in [0.25, 0.3) is 0 Å². The van der Waals surface area contributed by atoms with Crippen LogP contribution in [-0.4, -0.2) is 20.9 Å². The highest BCUT2D eigenvalue weighted by molar-refractivity contribution is 7.92. The van der Waals surface area contributed by atoms with Gasteiger partial charge in [-0.15, -0.1) is 0 Å². The smallest absolute Gasteiger partial charge is 0.262 e. The molecule has 0 aliphatic rings. The summed E-state index contributed by atoms with van der Waals surface area (Å²) in [4.78, 5) is 12.1. The molecule has 0 atom stereocenters.